The smallest absolute Gasteiger partial charge is 0.298 e. The summed E-state index contributed by atoms with van der Waals surface area (Å²) in [5.41, 5.74) is 1.23. The first kappa shape index (κ1) is 13.3. The maximum absolute atomic E-state index is 12.8. The molecule has 0 aliphatic heterocycles. The Balaban J connectivity index is 2.53. The van der Waals surface area contributed by atoms with Crippen LogP contribution in [0.25, 0.3) is 11.1 Å². The summed E-state index contributed by atoms with van der Waals surface area (Å²) >= 11 is 0. The molecule has 1 nitrogen and oxygen atoms in total. The van der Waals surface area contributed by atoms with E-state index in [0.29, 0.717) is 23.0 Å². The molecule has 0 amide bonds. The summed E-state index contributed by atoms with van der Waals surface area (Å²) in [4.78, 5) is 10.6. The lowest BCUT2D eigenvalue weighted by Crippen LogP contribution is -2.07. The molecule has 0 aromatic heterocycles. The van der Waals surface area contributed by atoms with E-state index in [2.05, 4.69) is 0 Å². The highest BCUT2D eigenvalue weighted by molar-refractivity contribution is 5.77. The maximum atomic E-state index is 12.8. The zero-order valence-corrected chi connectivity index (χ0v) is 10.2. The number of rotatable bonds is 2. The van der Waals surface area contributed by atoms with Gasteiger partial charge in [-0.15, -0.1) is 0 Å². The van der Waals surface area contributed by atoms with Gasteiger partial charge in [0.1, 0.15) is 6.29 Å². The highest BCUT2D eigenvalue weighted by atomic mass is 19.4. The van der Waals surface area contributed by atoms with E-state index in [1.807, 2.05) is 0 Å². The number of hydrogen-bond donors (Lipinski definition) is 0. The van der Waals surface area contributed by atoms with Crippen LogP contribution < -0.4 is 0 Å². The van der Waals surface area contributed by atoms with Gasteiger partial charge >= 0.3 is 6.18 Å². The van der Waals surface area contributed by atoms with Crippen LogP contribution in [0.5, 0.6) is 0 Å². The van der Waals surface area contributed by atoms with Gasteiger partial charge in [0, 0.05) is 5.56 Å². The molecule has 0 spiro atoms. The first-order valence-corrected chi connectivity index (χ1v) is 5.66. The van der Waals surface area contributed by atoms with Gasteiger partial charge in [0.05, 0.1) is 5.56 Å². The van der Waals surface area contributed by atoms with Crippen molar-refractivity contribution in [1.29, 1.82) is 0 Å². The second kappa shape index (κ2) is 4.88. The average molecular weight is 264 g/mol. The van der Waals surface area contributed by atoms with Crippen molar-refractivity contribution in [1.82, 2.24) is 0 Å². The maximum Gasteiger partial charge on any atom is 0.416 e. The van der Waals surface area contributed by atoms with Crippen LogP contribution in [0.15, 0.2) is 42.5 Å². The lowest BCUT2D eigenvalue weighted by atomic mass is 9.95. The first-order chi connectivity index (χ1) is 8.93. The zero-order chi connectivity index (χ0) is 14.0. The second-order valence-electron chi connectivity index (χ2n) is 4.22. The Hall–Kier alpha value is -2.10. The molecule has 0 bridgehead atoms. The van der Waals surface area contributed by atoms with E-state index in [-0.39, 0.29) is 5.56 Å². The molecule has 0 fully saturated rings. The quantitative estimate of drug-likeness (QED) is 0.730. The third-order valence-electron chi connectivity index (χ3n) is 3.00. The lowest BCUT2D eigenvalue weighted by molar-refractivity contribution is -0.138. The Morgan fingerprint density at radius 3 is 2.16 bits per heavy atom. The minimum absolute atomic E-state index is 0.189. The summed E-state index contributed by atoms with van der Waals surface area (Å²) in [5.74, 6) is 0. The van der Waals surface area contributed by atoms with Crippen LogP contribution in [0.2, 0.25) is 0 Å². The van der Waals surface area contributed by atoms with Crippen molar-refractivity contribution in [2.75, 3.05) is 0 Å². The second-order valence-corrected chi connectivity index (χ2v) is 4.22. The molecule has 0 radical (unpaired) electrons. The fraction of sp³-hybridized carbons (Fsp3) is 0.133. The standard InChI is InChI=1S/C15H11F3O/c1-10-13(3-2-4-14(10)15(16,17)18)12-7-5-11(9-19)6-8-12/h2-9H,1H3. The van der Waals surface area contributed by atoms with Gasteiger partial charge in [0.15, 0.2) is 0 Å². The number of alkyl halides is 3. The Morgan fingerprint density at radius 2 is 1.63 bits per heavy atom. The zero-order valence-electron chi connectivity index (χ0n) is 10.2. The molecule has 0 unspecified atom stereocenters. The van der Waals surface area contributed by atoms with Gasteiger partial charge in [-0.25, -0.2) is 0 Å². The van der Waals surface area contributed by atoms with Crippen LogP contribution in [-0.2, 0) is 6.18 Å². The Bertz CT molecular complexity index is 598. The Kier molecular flexibility index (Phi) is 3.42. The number of hydrogen-bond acceptors (Lipinski definition) is 1. The van der Waals surface area contributed by atoms with Crippen LogP contribution >= 0.6 is 0 Å². The van der Waals surface area contributed by atoms with Crippen LogP contribution in [0, 0.1) is 6.92 Å². The lowest BCUT2D eigenvalue weighted by Gasteiger charge is -2.14. The third-order valence-corrected chi connectivity index (χ3v) is 3.00. The fourth-order valence-corrected chi connectivity index (χ4v) is 2.00. The number of benzene rings is 2. The molecule has 2 aromatic rings. The summed E-state index contributed by atoms with van der Waals surface area (Å²) in [5, 5.41) is 0. The van der Waals surface area contributed by atoms with E-state index >= 15 is 0 Å². The molecular weight excluding hydrogens is 253 g/mol. The van der Waals surface area contributed by atoms with Crippen molar-refractivity contribution in [2.45, 2.75) is 13.1 Å². The summed E-state index contributed by atoms with van der Waals surface area (Å²) < 4.78 is 38.5. The molecule has 98 valence electrons. The summed E-state index contributed by atoms with van der Waals surface area (Å²) in [7, 11) is 0. The number of carbonyl (C=O) groups is 1. The third kappa shape index (κ3) is 2.67. The van der Waals surface area contributed by atoms with Crippen molar-refractivity contribution < 1.29 is 18.0 Å². The van der Waals surface area contributed by atoms with Gasteiger partial charge in [-0.05, 0) is 29.7 Å². The minimum Gasteiger partial charge on any atom is -0.298 e. The van der Waals surface area contributed by atoms with Crippen LogP contribution in [-0.4, -0.2) is 6.29 Å². The van der Waals surface area contributed by atoms with E-state index < -0.39 is 11.7 Å². The van der Waals surface area contributed by atoms with Crippen molar-refractivity contribution in [2.24, 2.45) is 0 Å². The molecule has 19 heavy (non-hydrogen) atoms. The Morgan fingerprint density at radius 1 is 1.00 bits per heavy atom. The number of halogens is 3. The number of carbonyl (C=O) groups excluding carboxylic acids is 1. The van der Waals surface area contributed by atoms with E-state index in [4.69, 9.17) is 0 Å². The van der Waals surface area contributed by atoms with E-state index in [1.54, 1.807) is 30.3 Å². The van der Waals surface area contributed by atoms with Crippen LogP contribution in [0.1, 0.15) is 21.5 Å². The normalized spacial score (nSPS) is 11.4. The minimum atomic E-state index is -4.36. The molecule has 0 saturated heterocycles. The van der Waals surface area contributed by atoms with E-state index in [0.717, 1.165) is 6.07 Å². The van der Waals surface area contributed by atoms with Gasteiger partial charge in [0.2, 0.25) is 0 Å². The van der Waals surface area contributed by atoms with Crippen LogP contribution in [0.3, 0.4) is 0 Å². The summed E-state index contributed by atoms with van der Waals surface area (Å²) in [6, 6.07) is 10.6. The van der Waals surface area contributed by atoms with Crippen molar-refractivity contribution >= 4 is 6.29 Å². The van der Waals surface area contributed by atoms with Crippen molar-refractivity contribution in [3.8, 4) is 11.1 Å². The molecular formula is C15H11F3O. The fourth-order valence-electron chi connectivity index (χ4n) is 2.00. The molecule has 0 aliphatic rings. The van der Waals surface area contributed by atoms with Crippen molar-refractivity contribution in [3.05, 3.63) is 59.2 Å². The largest absolute Gasteiger partial charge is 0.416 e. The molecule has 0 atom stereocenters. The van der Waals surface area contributed by atoms with Gasteiger partial charge in [0.25, 0.3) is 0 Å². The highest BCUT2D eigenvalue weighted by Crippen LogP contribution is 2.36. The first-order valence-electron chi connectivity index (χ1n) is 5.66. The van der Waals surface area contributed by atoms with Crippen molar-refractivity contribution in [3.63, 3.8) is 0 Å². The monoisotopic (exact) mass is 264 g/mol. The van der Waals surface area contributed by atoms with E-state index in [9.17, 15) is 18.0 Å². The highest BCUT2D eigenvalue weighted by Gasteiger charge is 2.32. The summed E-state index contributed by atoms with van der Waals surface area (Å²) in [6.07, 6.45) is -3.66. The molecule has 4 heteroatoms. The predicted molar refractivity (Wildman–Crippen MR) is 67.0 cm³/mol. The number of aldehydes is 1. The van der Waals surface area contributed by atoms with E-state index in [1.165, 1.54) is 13.0 Å². The van der Waals surface area contributed by atoms with Crippen LogP contribution in [0.4, 0.5) is 13.2 Å². The van der Waals surface area contributed by atoms with Gasteiger partial charge in [-0.3, -0.25) is 4.79 Å². The predicted octanol–water partition coefficient (Wildman–Crippen LogP) is 4.49. The molecule has 0 heterocycles. The molecule has 2 aromatic carbocycles. The molecule has 0 N–H and O–H groups in total. The summed E-state index contributed by atoms with van der Waals surface area (Å²) in [6.45, 7) is 1.45. The topological polar surface area (TPSA) is 17.1 Å². The SMILES string of the molecule is Cc1c(-c2ccc(C=O)cc2)cccc1C(F)(F)F. The Labute approximate surface area is 108 Å². The van der Waals surface area contributed by atoms with Gasteiger partial charge in [-0.1, -0.05) is 36.4 Å². The molecule has 0 aliphatic carbocycles. The molecule has 0 saturated carbocycles. The molecule has 2 rings (SSSR count). The van der Waals surface area contributed by atoms with Gasteiger partial charge in [-0.2, -0.15) is 13.2 Å². The average Bonchev–Trinajstić information content (AvgIpc) is 2.38. The van der Waals surface area contributed by atoms with Gasteiger partial charge < -0.3 is 0 Å².